The van der Waals surface area contributed by atoms with Crippen LogP contribution >= 0.6 is 0 Å². The highest BCUT2D eigenvalue weighted by Gasteiger charge is 2.23. The molecular formula is C55H38N2. The summed E-state index contributed by atoms with van der Waals surface area (Å²) in [5.41, 5.74) is 17.9. The van der Waals surface area contributed by atoms with Crippen molar-refractivity contribution in [2.75, 3.05) is 0 Å². The topological polar surface area (TPSA) is 9.86 Å². The Balaban J connectivity index is 1.27. The molecule has 0 amide bonds. The summed E-state index contributed by atoms with van der Waals surface area (Å²) in [6, 6.07) is 77.7. The van der Waals surface area contributed by atoms with Crippen LogP contribution in [0.15, 0.2) is 212 Å². The fourth-order valence-corrected chi connectivity index (χ4v) is 9.05. The summed E-state index contributed by atoms with van der Waals surface area (Å²) in [6.45, 7) is 2.17. The zero-order valence-electron chi connectivity index (χ0n) is 31.6. The lowest BCUT2D eigenvalue weighted by Gasteiger charge is -2.17. The van der Waals surface area contributed by atoms with Crippen LogP contribution in [0, 0.1) is 6.92 Å². The molecule has 0 fully saturated rings. The van der Waals surface area contributed by atoms with Gasteiger partial charge < -0.3 is 9.13 Å². The normalized spacial score (nSPS) is 11.6. The molecule has 0 N–H and O–H groups in total. The molecule has 0 aliphatic heterocycles. The average molecular weight is 727 g/mol. The van der Waals surface area contributed by atoms with E-state index in [2.05, 4.69) is 228 Å². The fraction of sp³-hybridized carbons (Fsp3) is 0.0182. The molecule has 0 saturated heterocycles. The van der Waals surface area contributed by atoms with Gasteiger partial charge in [-0.25, -0.2) is 0 Å². The molecule has 2 heterocycles. The number of hydrogen-bond acceptors (Lipinski definition) is 0. The molecule has 0 saturated carbocycles. The molecule has 9 aromatic carbocycles. The molecule has 0 aliphatic rings. The van der Waals surface area contributed by atoms with Gasteiger partial charge in [-0.05, 0) is 71.1 Å². The quantitative estimate of drug-likeness (QED) is 0.161. The van der Waals surface area contributed by atoms with E-state index in [0.29, 0.717) is 0 Å². The molecule has 268 valence electrons. The number of nitrogens with zero attached hydrogens (tertiary/aromatic N) is 2. The van der Waals surface area contributed by atoms with Gasteiger partial charge in [0.05, 0.1) is 22.1 Å². The van der Waals surface area contributed by atoms with E-state index in [4.69, 9.17) is 0 Å². The van der Waals surface area contributed by atoms with E-state index in [-0.39, 0.29) is 0 Å². The van der Waals surface area contributed by atoms with E-state index in [1.54, 1.807) is 0 Å². The largest absolute Gasteiger partial charge is 0.309 e. The molecule has 0 atom stereocenters. The maximum absolute atomic E-state index is 2.51. The van der Waals surface area contributed by atoms with Gasteiger partial charge in [-0.15, -0.1) is 0 Å². The van der Waals surface area contributed by atoms with E-state index in [0.717, 1.165) is 11.4 Å². The van der Waals surface area contributed by atoms with Crippen LogP contribution in [-0.4, -0.2) is 9.13 Å². The highest BCUT2D eigenvalue weighted by Crippen LogP contribution is 2.45. The highest BCUT2D eigenvalue weighted by molar-refractivity contribution is 6.20. The van der Waals surface area contributed by atoms with Crippen molar-refractivity contribution in [1.82, 2.24) is 9.13 Å². The van der Waals surface area contributed by atoms with Crippen molar-refractivity contribution in [2.24, 2.45) is 0 Å². The van der Waals surface area contributed by atoms with Crippen LogP contribution in [0.1, 0.15) is 5.56 Å². The smallest absolute Gasteiger partial charge is 0.0620 e. The second-order valence-electron chi connectivity index (χ2n) is 15.0. The van der Waals surface area contributed by atoms with E-state index in [1.165, 1.54) is 93.7 Å². The number of fused-ring (bicyclic) bond motifs is 6. The van der Waals surface area contributed by atoms with Crippen LogP contribution < -0.4 is 0 Å². The molecule has 0 spiro atoms. The number of aryl methyl sites for hydroxylation is 1. The molecule has 0 radical (unpaired) electrons. The molecule has 2 aromatic heterocycles. The predicted molar refractivity (Wildman–Crippen MR) is 242 cm³/mol. The van der Waals surface area contributed by atoms with Crippen LogP contribution in [0.25, 0.3) is 99.5 Å². The first-order chi connectivity index (χ1) is 28.2. The number of para-hydroxylation sites is 5. The number of benzene rings is 9. The van der Waals surface area contributed by atoms with Gasteiger partial charge in [0.1, 0.15) is 0 Å². The van der Waals surface area contributed by atoms with Gasteiger partial charge in [-0.2, -0.15) is 0 Å². The van der Waals surface area contributed by atoms with Crippen molar-refractivity contribution in [2.45, 2.75) is 6.92 Å². The zero-order chi connectivity index (χ0) is 37.9. The van der Waals surface area contributed by atoms with E-state index >= 15 is 0 Å². The molecule has 2 heteroatoms. The Morgan fingerprint density at radius 2 is 0.754 bits per heavy atom. The van der Waals surface area contributed by atoms with Crippen LogP contribution in [0.2, 0.25) is 0 Å². The van der Waals surface area contributed by atoms with E-state index in [9.17, 15) is 0 Å². The van der Waals surface area contributed by atoms with Gasteiger partial charge >= 0.3 is 0 Å². The Labute approximate surface area is 332 Å². The Morgan fingerprint density at radius 3 is 1.42 bits per heavy atom. The molecule has 57 heavy (non-hydrogen) atoms. The lowest BCUT2D eigenvalue weighted by Crippen LogP contribution is -1.99. The SMILES string of the molecule is Cc1cccc(-c2cc(-c3ccccc3)cc(-n3c4ccccc4c4cccc(-c5cccc6c7cccc(-c8ccccc8)c7n(-c7ccccc7)c56)c43)c2)c1. The van der Waals surface area contributed by atoms with Gasteiger partial charge in [-0.3, -0.25) is 0 Å². The van der Waals surface area contributed by atoms with Crippen LogP contribution in [0.5, 0.6) is 0 Å². The standard InChI is InChI=1S/C55H38N2/c1-37-17-13-22-40(33-37)42-34-41(38-18-5-2-6-19-38)35-44(36-42)56-52-32-12-11-25-46(52)47-27-15-29-49(54(47)56)51-31-16-30-50-48-28-14-26-45(39-20-7-3-8-21-39)53(48)57(55(50)51)43-23-9-4-10-24-43/h2-36H,1H3. The highest BCUT2D eigenvalue weighted by atomic mass is 15.0. The van der Waals surface area contributed by atoms with Crippen molar-refractivity contribution in [3.05, 3.63) is 218 Å². The third-order valence-corrected chi connectivity index (χ3v) is 11.5. The Hall–Kier alpha value is -7.42. The first kappa shape index (κ1) is 33.0. The van der Waals surface area contributed by atoms with Crippen molar-refractivity contribution in [1.29, 1.82) is 0 Å². The van der Waals surface area contributed by atoms with Crippen molar-refractivity contribution < 1.29 is 0 Å². The van der Waals surface area contributed by atoms with E-state index in [1.807, 2.05) is 0 Å². The number of rotatable bonds is 6. The summed E-state index contributed by atoms with van der Waals surface area (Å²) in [5.74, 6) is 0. The van der Waals surface area contributed by atoms with Crippen LogP contribution in [0.3, 0.4) is 0 Å². The second kappa shape index (κ2) is 13.4. The average Bonchev–Trinajstić information content (AvgIpc) is 3.81. The third kappa shape index (κ3) is 5.41. The summed E-state index contributed by atoms with van der Waals surface area (Å²) in [5, 5.41) is 4.94. The summed E-state index contributed by atoms with van der Waals surface area (Å²) in [7, 11) is 0. The van der Waals surface area contributed by atoms with Gasteiger partial charge in [0.15, 0.2) is 0 Å². The predicted octanol–water partition coefficient (Wildman–Crippen LogP) is 14.9. The first-order valence-electron chi connectivity index (χ1n) is 19.7. The lowest BCUT2D eigenvalue weighted by molar-refractivity contribution is 1.17. The second-order valence-corrected chi connectivity index (χ2v) is 15.0. The fourth-order valence-electron chi connectivity index (χ4n) is 9.05. The number of hydrogen-bond donors (Lipinski definition) is 0. The first-order valence-corrected chi connectivity index (χ1v) is 19.7. The minimum Gasteiger partial charge on any atom is -0.309 e. The molecule has 2 nitrogen and oxygen atoms in total. The zero-order valence-corrected chi connectivity index (χ0v) is 31.6. The summed E-state index contributed by atoms with van der Waals surface area (Å²) < 4.78 is 5.01. The Bertz CT molecular complexity index is 3280. The van der Waals surface area contributed by atoms with Crippen molar-refractivity contribution in [3.8, 4) is 55.9 Å². The van der Waals surface area contributed by atoms with Gasteiger partial charge in [0, 0.05) is 49.6 Å². The Morgan fingerprint density at radius 1 is 0.281 bits per heavy atom. The Kier molecular flexibility index (Phi) is 7.75. The molecule has 11 rings (SSSR count). The molecular weight excluding hydrogens is 689 g/mol. The maximum atomic E-state index is 2.51. The molecule has 0 bridgehead atoms. The monoisotopic (exact) mass is 726 g/mol. The van der Waals surface area contributed by atoms with E-state index < -0.39 is 0 Å². The molecule has 0 aliphatic carbocycles. The van der Waals surface area contributed by atoms with Crippen molar-refractivity contribution >= 4 is 43.6 Å². The summed E-state index contributed by atoms with van der Waals surface area (Å²) in [4.78, 5) is 0. The minimum absolute atomic E-state index is 1.13. The molecule has 11 aromatic rings. The summed E-state index contributed by atoms with van der Waals surface area (Å²) >= 11 is 0. The van der Waals surface area contributed by atoms with Gasteiger partial charge in [0.25, 0.3) is 0 Å². The minimum atomic E-state index is 1.13. The van der Waals surface area contributed by atoms with Gasteiger partial charge in [-0.1, -0.05) is 181 Å². The van der Waals surface area contributed by atoms with Crippen LogP contribution in [0.4, 0.5) is 0 Å². The number of aromatic nitrogens is 2. The maximum Gasteiger partial charge on any atom is 0.0620 e. The lowest BCUT2D eigenvalue weighted by atomic mass is 9.96. The third-order valence-electron chi connectivity index (χ3n) is 11.5. The van der Waals surface area contributed by atoms with Gasteiger partial charge in [0.2, 0.25) is 0 Å². The molecule has 0 unspecified atom stereocenters. The van der Waals surface area contributed by atoms with Crippen molar-refractivity contribution in [3.63, 3.8) is 0 Å². The summed E-state index contributed by atoms with van der Waals surface area (Å²) in [6.07, 6.45) is 0. The van der Waals surface area contributed by atoms with Crippen LogP contribution in [-0.2, 0) is 0 Å².